The van der Waals surface area contributed by atoms with Crippen LogP contribution in [0.25, 0.3) is 0 Å². The lowest BCUT2D eigenvalue weighted by Gasteiger charge is -2.21. The normalized spacial score (nSPS) is 14.3. The molecule has 0 saturated heterocycles. The molecule has 0 aliphatic rings. The van der Waals surface area contributed by atoms with Gasteiger partial charge in [-0.1, -0.05) is 288 Å². The Kier molecular flexibility index (Phi) is 65.4. The first kappa shape index (κ1) is 90.0. The molecular formula is C74H136O17P2. The van der Waals surface area contributed by atoms with Crippen molar-refractivity contribution >= 4 is 39.5 Å². The lowest BCUT2D eigenvalue weighted by molar-refractivity contribution is -0.161. The third-order valence-corrected chi connectivity index (χ3v) is 18.0. The monoisotopic (exact) mass is 1360 g/mol. The van der Waals surface area contributed by atoms with Gasteiger partial charge in [-0.3, -0.25) is 37.3 Å². The van der Waals surface area contributed by atoms with Gasteiger partial charge in [-0.2, -0.15) is 0 Å². The molecule has 0 amide bonds. The van der Waals surface area contributed by atoms with Crippen molar-refractivity contribution in [3.05, 3.63) is 48.6 Å². The van der Waals surface area contributed by atoms with E-state index < -0.39 is 97.5 Å². The zero-order chi connectivity index (χ0) is 68.2. The Morgan fingerprint density at radius 3 is 0.785 bits per heavy atom. The Bertz CT molecular complexity index is 1960. The summed E-state index contributed by atoms with van der Waals surface area (Å²) in [7, 11) is -9.92. The minimum absolute atomic E-state index is 0.0827. The van der Waals surface area contributed by atoms with Crippen LogP contribution in [0.15, 0.2) is 48.6 Å². The van der Waals surface area contributed by atoms with E-state index in [0.717, 1.165) is 135 Å². The summed E-state index contributed by atoms with van der Waals surface area (Å²) in [5.74, 6) is -2.18. The topological polar surface area (TPSA) is 237 Å². The summed E-state index contributed by atoms with van der Waals surface area (Å²) >= 11 is 0. The Labute approximate surface area is 566 Å². The largest absolute Gasteiger partial charge is 0.472 e. The molecule has 0 radical (unpaired) electrons. The molecule has 0 aliphatic heterocycles. The minimum atomic E-state index is -4.96. The summed E-state index contributed by atoms with van der Waals surface area (Å²) in [6.45, 7) is 4.80. The van der Waals surface area contributed by atoms with Crippen LogP contribution in [-0.2, 0) is 65.4 Å². The van der Waals surface area contributed by atoms with E-state index >= 15 is 0 Å². The van der Waals surface area contributed by atoms with Crippen molar-refractivity contribution in [3.63, 3.8) is 0 Å². The van der Waals surface area contributed by atoms with Crippen LogP contribution in [-0.4, -0.2) is 96.7 Å². The second kappa shape index (κ2) is 67.6. The summed E-state index contributed by atoms with van der Waals surface area (Å²) in [5.41, 5.74) is 0. The molecule has 544 valence electrons. The molecule has 0 spiro atoms. The van der Waals surface area contributed by atoms with Gasteiger partial charge in [0.1, 0.15) is 19.3 Å². The smallest absolute Gasteiger partial charge is 0.462 e. The Hall–Kier alpha value is -2.98. The zero-order valence-electron chi connectivity index (χ0n) is 59.2. The summed E-state index contributed by atoms with van der Waals surface area (Å²) in [6, 6.07) is 0. The molecule has 0 bridgehead atoms. The number of phosphoric acid groups is 2. The minimum Gasteiger partial charge on any atom is -0.462 e. The first-order valence-corrected chi connectivity index (χ1v) is 40.4. The van der Waals surface area contributed by atoms with Crippen molar-refractivity contribution in [2.75, 3.05) is 39.6 Å². The standard InChI is InChI=1S/C74H136O17P2/c1-5-9-13-17-21-24-27-30-33-36-39-42-45-49-53-57-61-74(79)91-70(65-85-72(77)59-55-51-47-43-40-37-34-31-28-25-22-18-14-10-6-2)67-89-93(82,83)87-63-68(75)62-86-92(80,81)88-66-69(64-84-71(76)58-54-50-46-20-16-12-8-4)90-73(78)60-56-52-48-44-41-38-35-32-29-26-23-19-15-11-7-3/h25-26,28-29,31-32,34-35,68-70,75H,5-24,27,30,33,36-67H2,1-4H3,(H,80,81)(H,82,83)/b28-25-,29-26-,34-31-,35-32-/t68-,69+,70+/m0/s1. The average Bonchev–Trinajstić information content (AvgIpc) is 3.05. The molecule has 0 fully saturated rings. The molecule has 3 N–H and O–H groups in total. The maximum atomic E-state index is 13.0. The van der Waals surface area contributed by atoms with Crippen LogP contribution in [0.4, 0.5) is 0 Å². The van der Waals surface area contributed by atoms with Crippen LogP contribution >= 0.6 is 15.6 Å². The van der Waals surface area contributed by atoms with Gasteiger partial charge in [-0.15, -0.1) is 0 Å². The number of hydrogen-bond acceptors (Lipinski definition) is 15. The number of carbonyl (C=O) groups excluding carboxylic acids is 4. The summed E-state index contributed by atoms with van der Waals surface area (Å²) in [5, 5.41) is 10.6. The second-order valence-corrected chi connectivity index (χ2v) is 28.2. The summed E-state index contributed by atoms with van der Waals surface area (Å²) in [4.78, 5) is 72.5. The first-order chi connectivity index (χ1) is 45.2. The van der Waals surface area contributed by atoms with E-state index in [2.05, 4.69) is 76.3 Å². The molecule has 93 heavy (non-hydrogen) atoms. The zero-order valence-corrected chi connectivity index (χ0v) is 61.0. The van der Waals surface area contributed by atoms with Crippen LogP contribution in [0.2, 0.25) is 0 Å². The Morgan fingerprint density at radius 2 is 0.516 bits per heavy atom. The van der Waals surface area contributed by atoms with Crippen molar-refractivity contribution in [1.82, 2.24) is 0 Å². The number of phosphoric ester groups is 2. The number of esters is 4. The molecule has 5 atom stereocenters. The predicted molar refractivity (Wildman–Crippen MR) is 377 cm³/mol. The Morgan fingerprint density at radius 1 is 0.301 bits per heavy atom. The fraction of sp³-hybridized carbons (Fsp3) is 0.838. The van der Waals surface area contributed by atoms with Crippen molar-refractivity contribution in [1.29, 1.82) is 0 Å². The lowest BCUT2D eigenvalue weighted by atomic mass is 10.0. The number of allylic oxidation sites excluding steroid dienone is 8. The molecule has 0 aromatic rings. The third kappa shape index (κ3) is 67.4. The van der Waals surface area contributed by atoms with E-state index in [1.807, 2.05) is 0 Å². The van der Waals surface area contributed by atoms with Crippen molar-refractivity contribution in [2.24, 2.45) is 0 Å². The molecule has 0 aromatic heterocycles. The third-order valence-electron chi connectivity index (χ3n) is 16.1. The van der Waals surface area contributed by atoms with E-state index in [4.69, 9.17) is 37.0 Å². The summed E-state index contributed by atoms with van der Waals surface area (Å²) < 4.78 is 68.2. The molecule has 17 nitrogen and oxygen atoms in total. The Balaban J connectivity index is 5.27. The lowest BCUT2D eigenvalue weighted by Crippen LogP contribution is -2.30. The van der Waals surface area contributed by atoms with Crippen LogP contribution in [0, 0.1) is 0 Å². The first-order valence-electron chi connectivity index (χ1n) is 37.4. The molecule has 0 aliphatic carbocycles. The van der Waals surface area contributed by atoms with Gasteiger partial charge in [0.2, 0.25) is 0 Å². The van der Waals surface area contributed by atoms with Crippen LogP contribution in [0.1, 0.15) is 342 Å². The van der Waals surface area contributed by atoms with Crippen molar-refractivity contribution < 1.29 is 80.2 Å². The number of aliphatic hydroxyl groups is 1. The number of rotatable bonds is 71. The molecule has 2 unspecified atom stereocenters. The molecule has 0 heterocycles. The molecule has 0 aromatic carbocycles. The summed E-state index contributed by atoms with van der Waals surface area (Å²) in [6.07, 6.45) is 62.7. The van der Waals surface area contributed by atoms with E-state index in [-0.39, 0.29) is 25.7 Å². The molecule has 0 saturated carbocycles. The van der Waals surface area contributed by atoms with Crippen LogP contribution in [0.3, 0.4) is 0 Å². The van der Waals surface area contributed by atoms with Crippen LogP contribution in [0.5, 0.6) is 0 Å². The van der Waals surface area contributed by atoms with E-state index in [1.165, 1.54) is 128 Å². The van der Waals surface area contributed by atoms with Gasteiger partial charge in [0.25, 0.3) is 0 Å². The van der Waals surface area contributed by atoms with Gasteiger partial charge < -0.3 is 33.8 Å². The van der Waals surface area contributed by atoms with Gasteiger partial charge in [0.05, 0.1) is 26.4 Å². The number of ether oxygens (including phenoxy) is 4. The molecule has 0 rings (SSSR count). The highest BCUT2D eigenvalue weighted by Gasteiger charge is 2.30. The fourth-order valence-corrected chi connectivity index (χ4v) is 11.9. The highest BCUT2D eigenvalue weighted by atomic mass is 31.2. The quantitative estimate of drug-likeness (QED) is 0.0169. The van der Waals surface area contributed by atoms with E-state index in [1.54, 1.807) is 0 Å². The molecule has 19 heteroatoms. The van der Waals surface area contributed by atoms with Gasteiger partial charge in [0, 0.05) is 25.7 Å². The van der Waals surface area contributed by atoms with E-state index in [0.29, 0.717) is 25.7 Å². The maximum absolute atomic E-state index is 13.0. The van der Waals surface area contributed by atoms with Crippen molar-refractivity contribution in [3.8, 4) is 0 Å². The number of unbranched alkanes of at least 4 members (excludes halogenated alkanes) is 39. The van der Waals surface area contributed by atoms with Crippen molar-refractivity contribution in [2.45, 2.75) is 361 Å². The van der Waals surface area contributed by atoms with Crippen LogP contribution < -0.4 is 0 Å². The number of hydrogen-bond donors (Lipinski definition) is 3. The average molecular weight is 1360 g/mol. The van der Waals surface area contributed by atoms with Gasteiger partial charge in [-0.05, 0) is 77.0 Å². The van der Waals surface area contributed by atoms with Gasteiger partial charge in [-0.25, -0.2) is 9.13 Å². The number of aliphatic hydroxyl groups excluding tert-OH is 1. The highest BCUT2D eigenvalue weighted by Crippen LogP contribution is 2.45. The SMILES string of the molecule is CCCCCC/C=C\C=C/CCCCCCCC(=O)OC[C@H](COP(=O)(O)OC[C@@H](O)COP(=O)(O)OC[C@@H](COC(=O)CCCCCCCCC)OC(=O)CCCCCCC/C=C\C=C/CCCCCC)OC(=O)CCCCCCCCCCCCCCCCCC. The van der Waals surface area contributed by atoms with E-state index in [9.17, 15) is 43.2 Å². The maximum Gasteiger partial charge on any atom is 0.472 e. The van der Waals surface area contributed by atoms with Gasteiger partial charge >= 0.3 is 39.5 Å². The fourth-order valence-electron chi connectivity index (χ4n) is 10.3. The second-order valence-electron chi connectivity index (χ2n) is 25.3. The predicted octanol–water partition coefficient (Wildman–Crippen LogP) is 20.9. The highest BCUT2D eigenvalue weighted by molar-refractivity contribution is 7.47. The molecular weight excluding hydrogens is 1220 g/mol. The number of carbonyl (C=O) groups is 4. The van der Waals surface area contributed by atoms with Gasteiger partial charge in [0.15, 0.2) is 12.2 Å².